The number of hydrogen-bond donors (Lipinski definition) is 1. The molecule has 0 aromatic carbocycles. The predicted octanol–water partition coefficient (Wildman–Crippen LogP) is 2.81. The molecule has 1 fully saturated rings. The first-order valence-corrected chi connectivity index (χ1v) is 9.30. The first kappa shape index (κ1) is 16.9. The van der Waals surface area contributed by atoms with E-state index < -0.39 is 0 Å². The van der Waals surface area contributed by atoms with Crippen LogP contribution in [0.25, 0.3) is 0 Å². The van der Waals surface area contributed by atoms with Crippen molar-refractivity contribution < 1.29 is 4.79 Å². The quantitative estimate of drug-likeness (QED) is 0.906. The van der Waals surface area contributed by atoms with Gasteiger partial charge in [0.25, 0.3) is 0 Å². The van der Waals surface area contributed by atoms with E-state index in [-0.39, 0.29) is 17.9 Å². The largest absolute Gasteiger partial charge is 0.355 e. The summed E-state index contributed by atoms with van der Waals surface area (Å²) in [5.41, 5.74) is 0. The Bertz CT molecular complexity index is 665. The second kappa shape index (κ2) is 7.75. The van der Waals surface area contributed by atoms with Gasteiger partial charge >= 0.3 is 0 Å². The summed E-state index contributed by atoms with van der Waals surface area (Å²) >= 11 is 1.81. The smallest absolute Gasteiger partial charge is 0.223 e. The molecule has 3 heterocycles. The van der Waals surface area contributed by atoms with Crippen molar-refractivity contribution >= 4 is 23.1 Å². The van der Waals surface area contributed by atoms with Crippen molar-refractivity contribution in [2.45, 2.75) is 39.2 Å². The van der Waals surface area contributed by atoms with E-state index in [2.05, 4.69) is 46.2 Å². The molecule has 1 N–H and O–H groups in total. The maximum absolute atomic E-state index is 12.5. The topological polar surface area (TPSA) is 58.1 Å². The lowest BCUT2D eigenvalue weighted by Gasteiger charge is -2.32. The number of hydrogen-bond acceptors (Lipinski definition) is 5. The number of carbonyl (C=O) groups is 1. The monoisotopic (exact) mass is 344 g/mol. The molecule has 128 valence electrons. The van der Waals surface area contributed by atoms with E-state index in [1.807, 2.05) is 0 Å². The second-order valence-electron chi connectivity index (χ2n) is 6.45. The Morgan fingerprint density at radius 3 is 2.79 bits per heavy atom. The van der Waals surface area contributed by atoms with E-state index >= 15 is 0 Å². The van der Waals surface area contributed by atoms with Crippen LogP contribution in [0.15, 0.2) is 30.7 Å². The minimum atomic E-state index is 0.102. The van der Waals surface area contributed by atoms with Crippen molar-refractivity contribution in [3.05, 3.63) is 40.5 Å². The number of nitrogens with one attached hydrogen (secondary N) is 1. The number of nitrogens with zero attached hydrogens (tertiary/aromatic N) is 3. The third-order valence-corrected chi connectivity index (χ3v) is 5.45. The van der Waals surface area contributed by atoms with Crippen LogP contribution >= 0.6 is 11.3 Å². The van der Waals surface area contributed by atoms with Gasteiger partial charge in [-0.3, -0.25) is 9.78 Å². The Kier molecular flexibility index (Phi) is 5.45. The zero-order valence-corrected chi connectivity index (χ0v) is 15.1. The zero-order valence-electron chi connectivity index (χ0n) is 14.2. The van der Waals surface area contributed by atoms with E-state index in [0.717, 1.165) is 38.2 Å². The highest BCUT2D eigenvalue weighted by Crippen LogP contribution is 2.22. The Hall–Kier alpha value is -1.95. The third-order valence-electron chi connectivity index (χ3n) is 4.43. The van der Waals surface area contributed by atoms with Gasteiger partial charge in [0, 0.05) is 53.6 Å². The van der Waals surface area contributed by atoms with Gasteiger partial charge in [-0.2, -0.15) is 0 Å². The van der Waals surface area contributed by atoms with Crippen LogP contribution in [-0.4, -0.2) is 35.0 Å². The molecule has 1 saturated heterocycles. The SMILES string of the molecule is Cc1ccc(CC(C)NC(=O)C2CCN(c3cnccn3)CC2)s1. The van der Waals surface area contributed by atoms with Crippen LogP contribution in [0.5, 0.6) is 0 Å². The first-order valence-electron chi connectivity index (χ1n) is 8.48. The molecule has 0 saturated carbocycles. The molecule has 1 amide bonds. The molecule has 0 spiro atoms. The standard InChI is InChI=1S/C18H24N4OS/c1-13(11-16-4-3-14(2)24-16)21-18(23)15-5-9-22(10-6-15)17-12-19-7-8-20-17/h3-4,7-8,12-13,15H,5-6,9-11H2,1-2H3,(H,21,23). The molecule has 0 radical (unpaired) electrons. The lowest BCUT2D eigenvalue weighted by atomic mass is 9.95. The van der Waals surface area contributed by atoms with Gasteiger partial charge < -0.3 is 10.2 Å². The molecule has 0 aliphatic carbocycles. The summed E-state index contributed by atoms with van der Waals surface area (Å²) in [6.45, 7) is 5.91. The molecule has 5 nitrogen and oxygen atoms in total. The fraction of sp³-hybridized carbons (Fsp3) is 0.500. The van der Waals surface area contributed by atoms with Gasteiger partial charge in [0.05, 0.1) is 6.20 Å². The summed E-state index contributed by atoms with van der Waals surface area (Å²) in [4.78, 5) is 25.8. The second-order valence-corrected chi connectivity index (χ2v) is 7.82. The number of piperidine rings is 1. The molecule has 1 aliphatic heterocycles. The van der Waals surface area contributed by atoms with E-state index in [9.17, 15) is 4.79 Å². The molecule has 1 atom stereocenters. The van der Waals surface area contributed by atoms with Crippen molar-refractivity contribution in [3.8, 4) is 0 Å². The fourth-order valence-corrected chi connectivity index (χ4v) is 4.15. The van der Waals surface area contributed by atoms with Crippen LogP contribution in [0, 0.1) is 12.8 Å². The number of amides is 1. The third kappa shape index (κ3) is 4.32. The predicted molar refractivity (Wildman–Crippen MR) is 97.3 cm³/mol. The number of aromatic nitrogens is 2. The molecule has 0 bridgehead atoms. The highest BCUT2D eigenvalue weighted by Gasteiger charge is 2.26. The highest BCUT2D eigenvalue weighted by molar-refractivity contribution is 7.11. The maximum atomic E-state index is 12.5. The van der Waals surface area contributed by atoms with Crippen molar-refractivity contribution in [2.24, 2.45) is 5.92 Å². The summed E-state index contributed by atoms with van der Waals surface area (Å²) in [7, 11) is 0. The van der Waals surface area contributed by atoms with E-state index in [0.29, 0.717) is 0 Å². The van der Waals surface area contributed by atoms with Gasteiger partial charge in [0.15, 0.2) is 0 Å². The summed E-state index contributed by atoms with van der Waals surface area (Å²) in [6.07, 6.45) is 7.82. The number of aryl methyl sites for hydroxylation is 1. The minimum Gasteiger partial charge on any atom is -0.355 e. The molecule has 2 aromatic rings. The number of carbonyl (C=O) groups excluding carboxylic acids is 1. The molecular weight excluding hydrogens is 320 g/mol. The summed E-state index contributed by atoms with van der Waals surface area (Å²) in [5, 5.41) is 3.18. The number of anilines is 1. The van der Waals surface area contributed by atoms with E-state index in [1.54, 1.807) is 29.9 Å². The van der Waals surface area contributed by atoms with Gasteiger partial charge in [-0.05, 0) is 38.8 Å². The van der Waals surface area contributed by atoms with Gasteiger partial charge in [-0.25, -0.2) is 4.98 Å². The van der Waals surface area contributed by atoms with Crippen LogP contribution in [0.3, 0.4) is 0 Å². The lowest BCUT2D eigenvalue weighted by molar-refractivity contribution is -0.126. The minimum absolute atomic E-state index is 0.102. The molecule has 6 heteroatoms. The van der Waals surface area contributed by atoms with Crippen LogP contribution < -0.4 is 10.2 Å². The van der Waals surface area contributed by atoms with Crippen molar-refractivity contribution in [2.75, 3.05) is 18.0 Å². The van der Waals surface area contributed by atoms with Crippen molar-refractivity contribution in [1.82, 2.24) is 15.3 Å². The Morgan fingerprint density at radius 2 is 2.17 bits per heavy atom. The normalized spacial score (nSPS) is 16.8. The molecule has 24 heavy (non-hydrogen) atoms. The van der Waals surface area contributed by atoms with Gasteiger partial charge in [-0.1, -0.05) is 0 Å². The van der Waals surface area contributed by atoms with Crippen LogP contribution in [0.4, 0.5) is 5.82 Å². The highest BCUT2D eigenvalue weighted by atomic mass is 32.1. The van der Waals surface area contributed by atoms with E-state index in [1.165, 1.54) is 9.75 Å². The molecule has 3 rings (SSSR count). The molecule has 1 unspecified atom stereocenters. The molecular formula is C18H24N4OS. The van der Waals surface area contributed by atoms with Crippen LogP contribution in [0.2, 0.25) is 0 Å². The number of thiophene rings is 1. The van der Waals surface area contributed by atoms with Gasteiger partial charge in [0.2, 0.25) is 5.91 Å². The molecule has 1 aliphatic rings. The van der Waals surface area contributed by atoms with Crippen molar-refractivity contribution in [1.29, 1.82) is 0 Å². The summed E-state index contributed by atoms with van der Waals surface area (Å²) in [6, 6.07) is 4.47. The van der Waals surface area contributed by atoms with Crippen molar-refractivity contribution in [3.63, 3.8) is 0 Å². The Balaban J connectivity index is 1.46. The Labute approximate surface area is 147 Å². The van der Waals surface area contributed by atoms with Gasteiger partial charge in [0.1, 0.15) is 5.82 Å². The van der Waals surface area contributed by atoms with E-state index in [4.69, 9.17) is 0 Å². The van der Waals surface area contributed by atoms with Gasteiger partial charge in [-0.15, -0.1) is 11.3 Å². The Morgan fingerprint density at radius 1 is 1.38 bits per heavy atom. The zero-order chi connectivity index (χ0) is 16.9. The van der Waals surface area contributed by atoms with Crippen LogP contribution in [-0.2, 0) is 11.2 Å². The lowest BCUT2D eigenvalue weighted by Crippen LogP contribution is -2.43. The molecule has 2 aromatic heterocycles. The average molecular weight is 344 g/mol. The average Bonchev–Trinajstić information content (AvgIpc) is 3.00. The van der Waals surface area contributed by atoms with Crippen LogP contribution in [0.1, 0.15) is 29.5 Å². The first-order chi connectivity index (χ1) is 11.6. The number of rotatable bonds is 5. The maximum Gasteiger partial charge on any atom is 0.223 e. The summed E-state index contributed by atoms with van der Waals surface area (Å²) < 4.78 is 0. The fourth-order valence-electron chi connectivity index (χ4n) is 3.13. The summed E-state index contributed by atoms with van der Waals surface area (Å²) in [5.74, 6) is 1.19.